The van der Waals surface area contributed by atoms with Gasteiger partial charge >= 0.3 is 0 Å². The second kappa shape index (κ2) is 51.9. The molecule has 3 aliphatic rings. The first-order chi connectivity index (χ1) is 64.9. The van der Waals surface area contributed by atoms with Gasteiger partial charge < -0.3 is 115 Å². The van der Waals surface area contributed by atoms with Crippen molar-refractivity contribution >= 4 is 146 Å². The largest absolute Gasteiger partial charge is 0.508 e. The molecule has 0 aliphatic carbocycles. The van der Waals surface area contributed by atoms with E-state index in [-0.39, 0.29) is 101 Å². The Hall–Kier alpha value is -12.6. The molecule has 0 saturated carbocycles. The van der Waals surface area contributed by atoms with Gasteiger partial charge in [0.1, 0.15) is 84.3 Å². The number of aliphatic hydroxyl groups is 1. The zero-order valence-electron chi connectivity index (χ0n) is 78.7. The standard InChI is InChI=1S/C95H132N20O19S2/c1-11-13-29-75-88(127)105-67(39-54(3)4)86(125)110-74(85(124)101-49-80(119)98-36-38-136-62-23-16-15-17-24-62)52-135-53-82(121)104-70(41-57-32-34-60(116)35-33-57)91(130)111(8)56(7)83(122)107-72(45-79(97)118)93(132)114-37-22-31-76(114)89(128)109-73(46-96)87(126)108-69(40-55(5)6)94(133)115-51-61(117)44-78(115)90(129)106-68(42-58-47-99-65-27-20-18-25-63(58)65)84(123)102-50-81(120)103-71(43-59-48-100-66-28-21-19-26-64(59)66)92(131)113(10)77(30-14-12-2)95(134)112(75)9/h15-21,23-28,32-35,47-48,54-56,61,67-78,99-100,116-117H,11-14,22,29-31,36-46,49-53,96H2,1-10H3,(H2,97,118)(H,98,119)(H,101,124)(H,102,123)(H,103,120)(H,104,121)(H,105,127)(H,106,129)(H,107,122)(H,108,126)(H,109,128)(H,110,125)/t56-,61+,67-,68-,69-,70-,71?,72-,73-,74-,75-,76-,77-,78-/m0/s1. The minimum absolute atomic E-state index is 0.00119. The molecule has 14 atom stereocenters. The van der Waals surface area contributed by atoms with Crippen LogP contribution in [0.2, 0.25) is 0 Å². The van der Waals surface area contributed by atoms with Gasteiger partial charge in [-0.15, -0.1) is 23.5 Å². The predicted molar refractivity (Wildman–Crippen MR) is 512 cm³/mol. The Kier molecular flexibility index (Phi) is 40.8. The van der Waals surface area contributed by atoms with E-state index in [1.54, 1.807) is 70.4 Å². The normalized spacial score (nSPS) is 24.2. The van der Waals surface area contributed by atoms with E-state index in [0.717, 1.165) is 31.4 Å². The summed E-state index contributed by atoms with van der Waals surface area (Å²) in [5, 5.41) is 52.7. The average molecular weight is 1920 g/mol. The third kappa shape index (κ3) is 30.4. The molecule has 0 bridgehead atoms. The van der Waals surface area contributed by atoms with Crippen molar-refractivity contribution in [3.05, 3.63) is 132 Å². The average Bonchev–Trinajstić information content (AvgIpc) is 1.20. The van der Waals surface area contributed by atoms with Gasteiger partial charge in [0.2, 0.25) is 100 Å². The molecule has 3 aliphatic heterocycles. The molecular weight excluding hydrogens is 1790 g/mol. The number of nitrogens with zero attached hydrogens (tertiary/aromatic N) is 5. The number of unbranched alkanes of at least 4 members (excludes halogenated alkanes) is 2. The number of thioether (sulfide) groups is 2. The highest BCUT2D eigenvalue weighted by atomic mass is 32.2. The lowest BCUT2D eigenvalue weighted by molar-refractivity contribution is -0.149. The number of hydrogen-bond acceptors (Lipinski definition) is 22. The third-order valence-corrected chi connectivity index (χ3v) is 26.4. The molecule has 41 heteroatoms. The number of carbonyl (C=O) groups is 17. The summed E-state index contributed by atoms with van der Waals surface area (Å²) >= 11 is 2.32. The van der Waals surface area contributed by atoms with Crippen molar-refractivity contribution in [2.75, 3.05) is 77.7 Å². The Morgan fingerprint density at radius 3 is 1.71 bits per heavy atom. The van der Waals surface area contributed by atoms with E-state index < -0.39 is 223 Å². The second-order valence-corrected chi connectivity index (χ2v) is 37.9. The molecule has 2 aromatic heterocycles. The summed E-state index contributed by atoms with van der Waals surface area (Å²) in [7, 11) is 4.06. The van der Waals surface area contributed by atoms with Crippen LogP contribution in [0, 0.1) is 11.8 Å². The van der Waals surface area contributed by atoms with Crippen molar-refractivity contribution in [2.24, 2.45) is 23.3 Å². The number of phenols is 1. The van der Waals surface area contributed by atoms with Crippen molar-refractivity contribution in [3.8, 4) is 5.75 Å². The van der Waals surface area contributed by atoms with Gasteiger partial charge in [0, 0.05) is 124 Å². The molecule has 3 fully saturated rings. The maximum Gasteiger partial charge on any atom is 0.246 e. The number of para-hydroxylation sites is 2. The van der Waals surface area contributed by atoms with Gasteiger partial charge in [-0.05, 0) is 110 Å². The summed E-state index contributed by atoms with van der Waals surface area (Å²) in [5.41, 5.74) is 14.8. The number of amides is 17. The van der Waals surface area contributed by atoms with E-state index in [9.17, 15) is 63.0 Å². The minimum Gasteiger partial charge on any atom is -0.508 e. The van der Waals surface area contributed by atoms with Gasteiger partial charge in [-0.2, -0.15) is 0 Å². The van der Waals surface area contributed by atoms with E-state index in [1.165, 1.54) is 73.9 Å². The van der Waals surface area contributed by atoms with Crippen LogP contribution in [0.4, 0.5) is 0 Å². The first-order valence-electron chi connectivity index (χ1n) is 46.3. The van der Waals surface area contributed by atoms with Gasteiger partial charge in [-0.1, -0.05) is 134 Å². The molecule has 738 valence electrons. The molecule has 0 radical (unpaired) electrons. The highest BCUT2D eigenvalue weighted by Gasteiger charge is 2.46. The molecule has 136 heavy (non-hydrogen) atoms. The monoisotopic (exact) mass is 1920 g/mol. The summed E-state index contributed by atoms with van der Waals surface area (Å²) in [6.07, 6.45) is 2.33. The summed E-state index contributed by atoms with van der Waals surface area (Å²) < 4.78 is 0. The van der Waals surface area contributed by atoms with Crippen LogP contribution < -0.4 is 70.0 Å². The van der Waals surface area contributed by atoms with E-state index in [2.05, 4.69) is 68.5 Å². The number of nitrogens with one attached hydrogen (secondary N) is 13. The molecule has 6 aromatic rings. The van der Waals surface area contributed by atoms with Gasteiger partial charge in [0.25, 0.3) is 0 Å². The highest BCUT2D eigenvalue weighted by molar-refractivity contribution is 8.00. The number of phenolic OH excluding ortho intramolecular Hbond substituents is 1. The quantitative estimate of drug-likeness (QED) is 0.0265. The molecule has 19 N–H and O–H groups in total. The Morgan fingerprint density at radius 2 is 1.08 bits per heavy atom. The van der Waals surface area contributed by atoms with Crippen LogP contribution in [0.25, 0.3) is 21.8 Å². The number of rotatable bonds is 26. The zero-order valence-corrected chi connectivity index (χ0v) is 80.4. The maximum absolute atomic E-state index is 15.6. The zero-order chi connectivity index (χ0) is 99.1. The molecule has 1 unspecified atom stereocenters. The molecular formula is C95H132N20O19S2. The Morgan fingerprint density at radius 1 is 0.544 bits per heavy atom. The maximum atomic E-state index is 15.6. The van der Waals surface area contributed by atoms with Gasteiger partial charge in [0.05, 0.1) is 31.4 Å². The van der Waals surface area contributed by atoms with Crippen LogP contribution >= 0.6 is 23.5 Å². The van der Waals surface area contributed by atoms with Crippen molar-refractivity contribution in [2.45, 2.75) is 234 Å². The number of H-pyrrole nitrogens is 2. The lowest BCUT2D eigenvalue weighted by Gasteiger charge is -2.36. The summed E-state index contributed by atoms with van der Waals surface area (Å²) in [6, 6.07) is 10.4. The number of aromatic amines is 2. The number of aliphatic hydroxyl groups excluding tert-OH is 1. The third-order valence-electron chi connectivity index (χ3n) is 24.3. The number of nitrogens with two attached hydrogens (primary N) is 2. The Labute approximate surface area is 799 Å². The lowest BCUT2D eigenvalue weighted by atomic mass is 9.99. The SMILES string of the molecule is CCCC[C@H]1C(=O)N(C)[C@@H](CCCC)C(=O)N[C@@H](CC(C)C)C(=O)N[C@H](C(=O)NCC(=O)NCCSc2ccccc2)CSCC(=O)N[C@@H](Cc2ccc(O)cc2)C(=O)N(C)[C@@H](C)C(=O)N[C@@H](CC(N)=O)C(=O)N2CCC[C@H]2C(=O)N[C@@H](CN)C(=O)N[C@@H](CC(C)C)C(=O)N2C[C@H](O)C[C@H]2C(=O)N[C@@H](Cc2c[nH]c3ccccc23)C(=O)NCC(=O)NC(Cc2c[nH]c3ccccc23)C(=O)N1C. The van der Waals surface area contributed by atoms with Gasteiger partial charge in [-0.25, -0.2) is 0 Å². The van der Waals surface area contributed by atoms with E-state index in [1.807, 2.05) is 62.4 Å². The smallest absolute Gasteiger partial charge is 0.246 e. The fourth-order valence-corrected chi connectivity index (χ4v) is 18.5. The first kappa shape index (κ1) is 107. The molecule has 17 amide bonds. The Balaban J connectivity index is 1.06. The van der Waals surface area contributed by atoms with Crippen molar-refractivity contribution in [1.29, 1.82) is 0 Å². The predicted octanol–water partition coefficient (Wildman–Crippen LogP) is 0.909. The fraction of sp³-hybridized carbons (Fsp3) is 0.526. The van der Waals surface area contributed by atoms with Crippen LogP contribution in [0.15, 0.2) is 120 Å². The minimum atomic E-state index is -1.76. The number of hydrogen-bond donors (Lipinski definition) is 17. The summed E-state index contributed by atoms with van der Waals surface area (Å²) in [4.78, 5) is 263. The van der Waals surface area contributed by atoms with Crippen LogP contribution in [0.1, 0.15) is 142 Å². The van der Waals surface area contributed by atoms with Gasteiger partial charge in [-0.3, -0.25) is 81.5 Å². The number of primary amides is 1. The first-order valence-corrected chi connectivity index (χ1v) is 48.5. The molecule has 0 spiro atoms. The number of fused-ring (bicyclic) bond motifs is 4. The van der Waals surface area contributed by atoms with E-state index in [0.29, 0.717) is 69.9 Å². The van der Waals surface area contributed by atoms with Gasteiger partial charge in [0.15, 0.2) is 0 Å². The van der Waals surface area contributed by atoms with Crippen molar-refractivity contribution in [1.82, 2.24) is 93.0 Å². The summed E-state index contributed by atoms with van der Waals surface area (Å²) in [6.45, 7) is 9.91. The number of aromatic hydroxyl groups is 1. The second-order valence-electron chi connectivity index (χ2n) is 35.7. The Bertz CT molecular complexity index is 5190. The number of carbonyl (C=O) groups excluding carboxylic acids is 17. The highest BCUT2D eigenvalue weighted by Crippen LogP contribution is 2.28. The number of likely N-dealkylation sites (N-methyl/N-ethyl adjacent to an activating group) is 3. The molecule has 4 aromatic carbocycles. The summed E-state index contributed by atoms with van der Waals surface area (Å²) in [5.74, 6) is -15.8. The van der Waals surface area contributed by atoms with Crippen LogP contribution in [0.3, 0.4) is 0 Å². The van der Waals surface area contributed by atoms with E-state index >= 15 is 28.8 Å². The molecule has 9 rings (SSSR count). The molecule has 5 heterocycles. The fourth-order valence-electron chi connectivity index (χ4n) is 16.8. The lowest BCUT2D eigenvalue weighted by Crippen LogP contribution is -2.61. The topological polar surface area (TPSA) is 563 Å². The van der Waals surface area contributed by atoms with Crippen molar-refractivity contribution in [3.63, 3.8) is 0 Å². The molecule has 3 saturated heterocycles. The van der Waals surface area contributed by atoms with Crippen LogP contribution in [-0.2, 0) is 101 Å². The van der Waals surface area contributed by atoms with Crippen molar-refractivity contribution < 1.29 is 91.7 Å². The number of benzene rings is 4. The number of aromatic nitrogens is 2. The van der Waals surface area contributed by atoms with E-state index in [4.69, 9.17) is 11.5 Å². The molecule has 39 nitrogen and oxygen atoms in total. The van der Waals surface area contributed by atoms with Crippen LogP contribution in [-0.4, -0.2) is 307 Å². The van der Waals surface area contributed by atoms with Crippen LogP contribution in [0.5, 0.6) is 5.75 Å².